The Hall–Kier alpha value is -13.9. The van der Waals surface area contributed by atoms with E-state index in [4.69, 9.17) is 28.7 Å². The van der Waals surface area contributed by atoms with Crippen LogP contribution in [0, 0.1) is 11.8 Å². The van der Waals surface area contributed by atoms with Gasteiger partial charge in [0.05, 0.1) is 44.1 Å². The van der Waals surface area contributed by atoms with Gasteiger partial charge in [0.15, 0.2) is 0 Å². The molecule has 4 heterocycles. The average Bonchev–Trinajstić information content (AvgIpc) is 1.67. The van der Waals surface area contributed by atoms with Crippen molar-refractivity contribution in [3.63, 3.8) is 0 Å². The first kappa shape index (κ1) is 117. The molecule has 1 aromatic heterocycles. The molecule has 53 nitrogen and oxygen atoms in total. The fourth-order valence-corrected chi connectivity index (χ4v) is 15.5. The summed E-state index contributed by atoms with van der Waals surface area (Å²) < 4.78 is 0. The number of primary amides is 4. The number of aliphatic hydroxyl groups excluding tert-OH is 1. The Labute approximate surface area is 815 Å². The van der Waals surface area contributed by atoms with Crippen LogP contribution in [0.5, 0.6) is 5.75 Å². The number of rotatable bonds is 56. The summed E-state index contributed by atoms with van der Waals surface area (Å²) in [5, 5.41) is 68.0. The number of hydrogen-bond acceptors (Lipinski definition) is 30. The molecule has 1 aromatic carbocycles. The third-order valence-corrected chi connectivity index (χ3v) is 23.4. The molecule has 5 rings (SSSR count). The van der Waals surface area contributed by atoms with Crippen molar-refractivity contribution in [3.8, 4) is 5.75 Å². The van der Waals surface area contributed by atoms with Gasteiger partial charge in [-0.15, -0.1) is 0 Å². The van der Waals surface area contributed by atoms with E-state index in [1.54, 1.807) is 27.7 Å². The van der Waals surface area contributed by atoms with Gasteiger partial charge in [0.25, 0.3) is 0 Å². The number of phenolic OH excluding ortho intramolecular Hbond substituents is 1. The minimum Gasteiger partial charge on any atom is -0.508 e. The number of carboxylic acid groups (broad SMARTS) is 1. The highest BCUT2D eigenvalue weighted by molar-refractivity contribution is 7.80. The first-order chi connectivity index (χ1) is 65.8. The lowest BCUT2D eigenvalue weighted by Gasteiger charge is -2.32. The molecule has 0 saturated carbocycles. The number of thiol groups is 2. The maximum absolute atomic E-state index is 14.6. The van der Waals surface area contributed by atoms with E-state index in [-0.39, 0.29) is 106 Å². The standard InChI is InChI=1S/C85H130N26O27S2/c1-38(2)27-50(100-67(119)40(5)86)72(124)101-51(28-45-16-18-47(113)19-17-45)73(125)103-53(30-63(89)116)75(127)98-49(21-23-62(88)115)71(123)102-52(29-46-32-91-37-93-46)74(126)104-54(31-64(90)117)83(135)110-25-10-13-58(110)79(131)92-33-65(118)94-41(6)69(121)105-55(34-112)76(128)95-42(7)68(120)96-43(8)82(134)109-24-11-14-59(109)81(133)107-56(35-139)77(129)106-57(36-140)78(130)108-66(39(3)4)84(136)111-26-12-15-60(111)80(132)99-48(20-22-61(87)114)70(122)97-44(9)85(137)138/h16-19,32,37-44,48-60,66,112-113,139-140H,10-15,20-31,33-36,86H2,1-9H3,(H2,87,114)(H2,88,115)(H2,89,116)(H2,90,117)(H,91,93)(H,92,131)(H,94,118)(H,95,128)(H,96,120)(H,97,122)(H,98,127)(H,99,132)(H,100,119)(H,101,124)(H,102,123)(H,103,125)(H,104,126)(H,105,121)(H,106,129)(H,107,133)(H,108,130)(H,137,138)/t40-,41-,42-,43-,44-,48-,49-,50-,51-,52-,53-,54-,55-,56-,57-,58-,59-,60-,66-/m0/s1. The highest BCUT2D eigenvalue weighted by atomic mass is 32.1. The maximum atomic E-state index is 14.6. The summed E-state index contributed by atoms with van der Waals surface area (Å²) in [7, 11) is 0. The van der Waals surface area contributed by atoms with Crippen LogP contribution in [0.2, 0.25) is 0 Å². The van der Waals surface area contributed by atoms with E-state index in [2.05, 4.69) is 120 Å². The van der Waals surface area contributed by atoms with Crippen LogP contribution in [0.4, 0.5) is 0 Å². The van der Waals surface area contributed by atoms with Crippen LogP contribution in [-0.4, -0.2) is 341 Å². The predicted molar refractivity (Wildman–Crippen MR) is 498 cm³/mol. The second kappa shape index (κ2) is 56.3. The number of likely N-dealkylation sites (tertiary alicyclic amines) is 3. The van der Waals surface area contributed by atoms with Gasteiger partial charge in [-0.25, -0.2) is 4.98 Å². The lowest BCUT2D eigenvalue weighted by Crippen LogP contribution is -2.61. The van der Waals surface area contributed by atoms with Crippen LogP contribution in [0.3, 0.4) is 0 Å². The topological polar surface area (TPSA) is 831 Å². The van der Waals surface area contributed by atoms with Crippen molar-refractivity contribution >= 4 is 167 Å². The monoisotopic (exact) mass is 2010 g/mol. The normalized spacial score (nSPS) is 17.9. The molecule has 0 bridgehead atoms. The van der Waals surface area contributed by atoms with E-state index < -0.39 is 308 Å². The number of aromatic amines is 1. The molecule has 2 aromatic rings. The summed E-state index contributed by atoms with van der Waals surface area (Å²) in [6.07, 6.45) is -1.08. The molecule has 3 saturated heterocycles. The number of nitrogens with two attached hydrogens (primary N) is 5. The number of carbonyl (C=O) groups excluding carboxylic acids is 23. The molecule has 3 fully saturated rings. The summed E-state index contributed by atoms with van der Waals surface area (Å²) in [6, 6.07) is -22.8. The number of H-pyrrole nitrogens is 1. The van der Waals surface area contributed by atoms with Crippen LogP contribution >= 0.6 is 25.3 Å². The van der Waals surface area contributed by atoms with Crippen molar-refractivity contribution in [1.82, 2.24) is 110 Å². The lowest BCUT2D eigenvalue weighted by molar-refractivity contribution is -0.144. The molecule has 0 unspecified atom stereocenters. The van der Waals surface area contributed by atoms with E-state index in [0.29, 0.717) is 12.0 Å². The molecular formula is C85H130N26O27S2. The fourth-order valence-electron chi connectivity index (χ4n) is 15.0. The quantitative estimate of drug-likeness (QED) is 0.0274. The Bertz CT molecular complexity index is 4820. The number of carboxylic acids is 1. The Morgan fingerprint density at radius 1 is 0.421 bits per heavy atom. The second-order valence-electron chi connectivity index (χ2n) is 34.9. The molecule has 19 atom stereocenters. The van der Waals surface area contributed by atoms with Crippen molar-refractivity contribution < 1.29 is 130 Å². The Kier molecular flexibility index (Phi) is 46.9. The zero-order valence-electron chi connectivity index (χ0n) is 78.9. The van der Waals surface area contributed by atoms with Gasteiger partial charge in [0.1, 0.15) is 115 Å². The number of nitrogens with zero attached hydrogens (tertiary/aromatic N) is 4. The van der Waals surface area contributed by atoms with Crippen LogP contribution in [0.1, 0.15) is 157 Å². The number of aromatic nitrogens is 2. The highest BCUT2D eigenvalue weighted by Crippen LogP contribution is 2.25. The van der Waals surface area contributed by atoms with Crippen molar-refractivity contribution in [1.29, 1.82) is 0 Å². The van der Waals surface area contributed by atoms with E-state index in [9.17, 15) is 130 Å². The summed E-state index contributed by atoms with van der Waals surface area (Å²) in [5.41, 5.74) is 28.1. The molecule has 0 aliphatic carbocycles. The van der Waals surface area contributed by atoms with Gasteiger partial charge in [0.2, 0.25) is 136 Å². The number of carbonyl (C=O) groups is 24. The molecule has 23 amide bonds. The maximum Gasteiger partial charge on any atom is 0.325 e. The third kappa shape index (κ3) is 36.8. The lowest BCUT2D eigenvalue weighted by atomic mass is 10.00. The van der Waals surface area contributed by atoms with E-state index in [1.165, 1.54) is 69.4 Å². The first-order valence-electron chi connectivity index (χ1n) is 45.2. The smallest absolute Gasteiger partial charge is 0.325 e. The number of aliphatic hydroxyl groups is 1. The number of benzene rings is 1. The molecular weight excluding hydrogens is 1880 g/mol. The molecule has 0 spiro atoms. The highest BCUT2D eigenvalue weighted by Gasteiger charge is 2.46. The van der Waals surface area contributed by atoms with Crippen LogP contribution in [0.15, 0.2) is 36.8 Å². The first-order valence-corrected chi connectivity index (χ1v) is 46.5. The van der Waals surface area contributed by atoms with Crippen LogP contribution in [-0.2, 0) is 128 Å². The number of imidazole rings is 1. The van der Waals surface area contributed by atoms with Gasteiger partial charge >= 0.3 is 5.97 Å². The summed E-state index contributed by atoms with van der Waals surface area (Å²) in [4.78, 5) is 334. The predicted octanol–water partition coefficient (Wildman–Crippen LogP) is -11.4. The number of aliphatic carboxylic acids is 1. The van der Waals surface area contributed by atoms with Crippen LogP contribution < -0.4 is 114 Å². The summed E-state index contributed by atoms with van der Waals surface area (Å²) >= 11 is 8.49. The minimum atomic E-state index is -1.94. The molecule has 30 N–H and O–H groups in total. The third-order valence-electron chi connectivity index (χ3n) is 22.6. The number of amides is 23. The molecule has 140 heavy (non-hydrogen) atoms. The number of nitrogens with one attached hydrogen (secondary N) is 17. The Morgan fingerprint density at radius 3 is 1.31 bits per heavy atom. The van der Waals surface area contributed by atoms with Gasteiger partial charge in [0, 0.05) is 63.0 Å². The summed E-state index contributed by atoms with van der Waals surface area (Å²) in [5.74, 6) is -25.6. The number of hydrogen-bond donors (Lipinski definition) is 27. The largest absolute Gasteiger partial charge is 0.508 e. The Balaban J connectivity index is 1.16. The summed E-state index contributed by atoms with van der Waals surface area (Å²) in [6.45, 7) is 10.8. The van der Waals surface area contributed by atoms with E-state index in [0.717, 1.165) is 16.7 Å². The van der Waals surface area contributed by atoms with Gasteiger partial charge < -0.3 is 149 Å². The van der Waals surface area contributed by atoms with Crippen molar-refractivity contribution in [2.24, 2.45) is 40.5 Å². The zero-order chi connectivity index (χ0) is 105. The fraction of sp³-hybridized carbons (Fsp3) is 0.612. The van der Waals surface area contributed by atoms with Gasteiger partial charge in [-0.1, -0.05) is 39.8 Å². The minimum absolute atomic E-state index is 0.000321. The second-order valence-corrected chi connectivity index (χ2v) is 35.6. The number of phenols is 1. The molecule has 3 aliphatic rings. The van der Waals surface area contributed by atoms with Gasteiger partial charge in [-0.2, -0.15) is 25.3 Å². The average molecular weight is 2010 g/mol. The van der Waals surface area contributed by atoms with Gasteiger partial charge in [-0.3, -0.25) is 115 Å². The molecule has 55 heteroatoms. The SMILES string of the molecule is CC(C)C[C@H](NC(=O)[C@H](C)N)C(=O)N[C@@H](Cc1ccc(O)cc1)C(=O)N[C@@H](CC(N)=O)C(=O)N[C@@H](CCC(N)=O)C(=O)N[C@@H](Cc1c[nH]cn1)C(=O)N[C@@H](CC(N)=O)C(=O)N1CCC[C@H]1C(=O)NCC(=O)N[C@@H](C)C(=O)N[C@@H](CO)C(=O)N[C@@H](C)C(=O)N[C@@H](C)C(=O)N1CCC[C@H]1C(=O)N[C@@H](CS)C(=O)N[C@@H](CS)C(=O)N[C@H](C(=O)N1CCC[C@H]1C(=O)N[C@@H](CCC(N)=O)C(=O)N[C@@H](C)C(=O)O)C(C)C. The van der Waals surface area contributed by atoms with E-state index in [1.807, 2.05) is 0 Å². The van der Waals surface area contributed by atoms with E-state index >= 15 is 0 Å². The van der Waals surface area contributed by atoms with Gasteiger partial charge in [-0.05, 0) is 122 Å². The Morgan fingerprint density at radius 2 is 0.814 bits per heavy atom. The van der Waals surface area contributed by atoms with Crippen molar-refractivity contribution in [2.45, 2.75) is 273 Å². The molecule has 0 radical (unpaired) electrons. The van der Waals surface area contributed by atoms with Crippen molar-refractivity contribution in [2.75, 3.05) is 44.3 Å². The zero-order valence-corrected chi connectivity index (χ0v) is 80.6. The molecule has 3 aliphatic heterocycles. The van der Waals surface area contributed by atoms with Crippen molar-refractivity contribution in [3.05, 3.63) is 48.0 Å². The molecule has 774 valence electrons. The van der Waals surface area contributed by atoms with Crippen LogP contribution in [0.25, 0.3) is 0 Å². The number of aromatic hydroxyl groups is 1.